The first-order valence-corrected chi connectivity index (χ1v) is 11.4. The van der Waals surface area contributed by atoms with Crippen molar-refractivity contribution < 1.29 is 27.5 Å². The molecule has 160 valence electrons. The van der Waals surface area contributed by atoms with Gasteiger partial charge >= 0.3 is 5.97 Å². The molecule has 8 nitrogen and oxygen atoms in total. The Balaban J connectivity index is 1.46. The van der Waals surface area contributed by atoms with Gasteiger partial charge in [0.15, 0.2) is 6.61 Å². The number of piperazine rings is 1. The minimum absolute atomic E-state index is 0.193. The van der Waals surface area contributed by atoms with Gasteiger partial charge in [-0.25, -0.2) is 8.42 Å². The lowest BCUT2D eigenvalue weighted by Gasteiger charge is -2.33. The number of carbonyl (C=O) groups is 2. The lowest BCUT2D eigenvalue weighted by atomic mass is 10.0. The zero-order valence-corrected chi connectivity index (χ0v) is 17.5. The third-order valence-corrected chi connectivity index (χ3v) is 7.49. The monoisotopic (exact) mass is 424 g/mol. The van der Waals surface area contributed by atoms with Crippen LogP contribution in [-0.4, -0.2) is 69.4 Å². The molecule has 1 aliphatic heterocycles. The molecule has 1 heterocycles. The summed E-state index contributed by atoms with van der Waals surface area (Å²) in [5.41, 5.74) is 0. The lowest BCUT2D eigenvalue weighted by Crippen LogP contribution is -2.51. The van der Waals surface area contributed by atoms with E-state index in [1.807, 2.05) is 0 Å². The van der Waals surface area contributed by atoms with Crippen LogP contribution in [0.4, 0.5) is 0 Å². The van der Waals surface area contributed by atoms with E-state index >= 15 is 0 Å². The van der Waals surface area contributed by atoms with Crippen molar-refractivity contribution in [2.24, 2.45) is 5.92 Å². The van der Waals surface area contributed by atoms with Crippen molar-refractivity contribution in [3.05, 3.63) is 24.3 Å². The minimum atomic E-state index is -3.62. The van der Waals surface area contributed by atoms with E-state index in [2.05, 4.69) is 0 Å². The van der Waals surface area contributed by atoms with Gasteiger partial charge in [0, 0.05) is 32.6 Å². The second kappa shape index (κ2) is 9.58. The third kappa shape index (κ3) is 5.48. The Bertz CT molecular complexity index is 810. The topological polar surface area (TPSA) is 93.2 Å². The highest BCUT2D eigenvalue weighted by Crippen LogP contribution is 2.27. The summed E-state index contributed by atoms with van der Waals surface area (Å²) in [6.45, 7) is 0.672. The summed E-state index contributed by atoms with van der Waals surface area (Å²) < 4.78 is 37.1. The smallest absolute Gasteiger partial charge is 0.306 e. The third-order valence-electron chi connectivity index (χ3n) is 5.58. The van der Waals surface area contributed by atoms with Crippen molar-refractivity contribution in [2.75, 3.05) is 39.9 Å². The van der Waals surface area contributed by atoms with Gasteiger partial charge < -0.3 is 14.4 Å². The molecule has 2 fully saturated rings. The molecular weight excluding hydrogens is 396 g/mol. The SMILES string of the molecule is COc1ccc(S(=O)(=O)N2CCN(C(=O)COC(=O)CC3CCCC3)CC2)cc1. The number of benzene rings is 1. The van der Waals surface area contributed by atoms with Crippen LogP contribution >= 0.6 is 0 Å². The number of sulfonamides is 1. The van der Waals surface area contributed by atoms with E-state index in [0.717, 1.165) is 25.7 Å². The maximum absolute atomic E-state index is 12.8. The van der Waals surface area contributed by atoms with Gasteiger partial charge in [0.2, 0.25) is 10.0 Å². The van der Waals surface area contributed by atoms with Crippen molar-refractivity contribution in [3.63, 3.8) is 0 Å². The normalized spacial score (nSPS) is 18.6. The molecule has 0 unspecified atom stereocenters. The fourth-order valence-electron chi connectivity index (χ4n) is 3.82. The average molecular weight is 425 g/mol. The standard InChI is InChI=1S/C20H28N2O6S/c1-27-17-6-8-18(9-7-17)29(25,26)22-12-10-21(11-13-22)19(23)15-28-20(24)14-16-4-2-3-5-16/h6-9,16H,2-5,10-15H2,1H3. The summed E-state index contributed by atoms with van der Waals surface area (Å²) in [6.07, 6.45) is 4.78. The number of nitrogens with zero attached hydrogens (tertiary/aromatic N) is 2. The molecule has 0 atom stereocenters. The van der Waals surface area contributed by atoms with E-state index in [4.69, 9.17) is 9.47 Å². The highest BCUT2D eigenvalue weighted by atomic mass is 32.2. The Morgan fingerprint density at radius 2 is 1.66 bits per heavy atom. The number of rotatable bonds is 7. The van der Waals surface area contributed by atoms with Gasteiger partial charge in [-0.2, -0.15) is 4.31 Å². The summed E-state index contributed by atoms with van der Waals surface area (Å²) in [6, 6.07) is 6.23. The summed E-state index contributed by atoms with van der Waals surface area (Å²) in [7, 11) is -2.10. The van der Waals surface area contributed by atoms with E-state index in [1.54, 1.807) is 17.0 Å². The van der Waals surface area contributed by atoms with Crippen LogP contribution in [0, 0.1) is 5.92 Å². The second-order valence-electron chi connectivity index (χ2n) is 7.48. The van der Waals surface area contributed by atoms with E-state index in [0.29, 0.717) is 18.1 Å². The van der Waals surface area contributed by atoms with E-state index in [9.17, 15) is 18.0 Å². The molecule has 1 saturated carbocycles. The average Bonchev–Trinajstić information content (AvgIpc) is 3.25. The van der Waals surface area contributed by atoms with Crippen molar-refractivity contribution >= 4 is 21.9 Å². The minimum Gasteiger partial charge on any atom is -0.497 e. The Kier molecular flexibility index (Phi) is 7.13. The van der Waals surface area contributed by atoms with Gasteiger partial charge in [0.25, 0.3) is 5.91 Å². The fourth-order valence-corrected chi connectivity index (χ4v) is 5.24. The quantitative estimate of drug-likeness (QED) is 0.618. The maximum atomic E-state index is 12.8. The molecular formula is C20H28N2O6S. The second-order valence-corrected chi connectivity index (χ2v) is 9.41. The number of hydrogen-bond acceptors (Lipinski definition) is 6. The van der Waals surface area contributed by atoms with Crippen molar-refractivity contribution in [3.8, 4) is 5.75 Å². The predicted molar refractivity (Wildman–Crippen MR) is 106 cm³/mol. The lowest BCUT2D eigenvalue weighted by molar-refractivity contribution is -0.153. The molecule has 3 rings (SSSR count). The van der Waals surface area contributed by atoms with Crippen LogP contribution in [0.15, 0.2) is 29.2 Å². The molecule has 0 N–H and O–H groups in total. The van der Waals surface area contributed by atoms with Crippen molar-refractivity contribution in [1.29, 1.82) is 0 Å². The van der Waals surface area contributed by atoms with E-state index < -0.39 is 10.0 Å². The molecule has 29 heavy (non-hydrogen) atoms. The van der Waals surface area contributed by atoms with Gasteiger partial charge in [0.1, 0.15) is 5.75 Å². The van der Waals surface area contributed by atoms with E-state index in [1.165, 1.54) is 23.5 Å². The molecule has 1 amide bonds. The molecule has 9 heteroatoms. The molecule has 1 aromatic rings. The molecule has 0 aromatic heterocycles. The van der Waals surface area contributed by atoms with Gasteiger partial charge in [-0.1, -0.05) is 12.8 Å². The summed E-state index contributed by atoms with van der Waals surface area (Å²) in [5, 5.41) is 0. The van der Waals surface area contributed by atoms with Gasteiger partial charge in [-0.3, -0.25) is 9.59 Å². The highest BCUT2D eigenvalue weighted by Gasteiger charge is 2.30. The Hall–Kier alpha value is -2.13. The fraction of sp³-hybridized carbons (Fsp3) is 0.600. The van der Waals surface area contributed by atoms with Crippen LogP contribution in [-0.2, 0) is 24.3 Å². The van der Waals surface area contributed by atoms with Crippen LogP contribution in [0.1, 0.15) is 32.1 Å². The number of amides is 1. The number of esters is 1. The first kappa shape index (κ1) is 21.6. The molecule has 0 bridgehead atoms. The van der Waals surface area contributed by atoms with Crippen molar-refractivity contribution in [1.82, 2.24) is 9.21 Å². The van der Waals surface area contributed by atoms with Gasteiger partial charge in [0.05, 0.1) is 12.0 Å². The summed E-state index contributed by atoms with van der Waals surface area (Å²) in [4.78, 5) is 25.9. The van der Waals surface area contributed by atoms with Crippen LogP contribution in [0.3, 0.4) is 0 Å². The van der Waals surface area contributed by atoms with Gasteiger partial charge in [-0.05, 0) is 43.0 Å². The molecule has 1 saturated heterocycles. The number of carbonyl (C=O) groups excluding carboxylic acids is 2. The zero-order valence-electron chi connectivity index (χ0n) is 16.7. The largest absolute Gasteiger partial charge is 0.497 e. The zero-order chi connectivity index (χ0) is 20.9. The Labute approximate surface area is 171 Å². The number of hydrogen-bond donors (Lipinski definition) is 0. The first-order valence-electron chi connectivity index (χ1n) is 9.98. The molecule has 0 spiro atoms. The van der Waals surface area contributed by atoms with Crippen LogP contribution < -0.4 is 4.74 Å². The Morgan fingerprint density at radius 1 is 1.03 bits per heavy atom. The van der Waals surface area contributed by atoms with Crippen LogP contribution in [0.2, 0.25) is 0 Å². The molecule has 2 aliphatic rings. The summed E-state index contributed by atoms with van der Waals surface area (Å²) >= 11 is 0. The van der Waals surface area contributed by atoms with Crippen LogP contribution in [0.5, 0.6) is 5.75 Å². The molecule has 0 radical (unpaired) electrons. The highest BCUT2D eigenvalue weighted by molar-refractivity contribution is 7.89. The summed E-state index contributed by atoms with van der Waals surface area (Å²) in [5.74, 6) is 0.350. The number of methoxy groups -OCH3 is 1. The van der Waals surface area contributed by atoms with Gasteiger partial charge in [-0.15, -0.1) is 0 Å². The number of ether oxygens (including phenoxy) is 2. The van der Waals surface area contributed by atoms with Crippen LogP contribution in [0.25, 0.3) is 0 Å². The van der Waals surface area contributed by atoms with Crippen molar-refractivity contribution in [2.45, 2.75) is 37.0 Å². The molecule has 1 aliphatic carbocycles. The predicted octanol–water partition coefficient (Wildman–Crippen LogP) is 1.65. The Morgan fingerprint density at radius 3 is 2.24 bits per heavy atom. The first-order chi connectivity index (χ1) is 13.9. The molecule has 1 aromatic carbocycles. The maximum Gasteiger partial charge on any atom is 0.306 e. The van der Waals surface area contributed by atoms with E-state index in [-0.39, 0.29) is 49.6 Å².